The van der Waals surface area contributed by atoms with Gasteiger partial charge in [0.05, 0.1) is 0 Å². The first kappa shape index (κ1) is 12.4. The van der Waals surface area contributed by atoms with Gasteiger partial charge in [0, 0.05) is 38.3 Å². The smallest absolute Gasteiger partial charge is 0.120 e. The Bertz CT molecular complexity index is 370. The normalized spacial score (nSPS) is 18.5. The van der Waals surface area contributed by atoms with Crippen LogP contribution in [0.2, 0.25) is 0 Å². The van der Waals surface area contributed by atoms with Gasteiger partial charge in [0.1, 0.15) is 5.75 Å². The van der Waals surface area contributed by atoms with E-state index in [4.69, 9.17) is 0 Å². The molecular formula is C14H22N2O. The van der Waals surface area contributed by atoms with E-state index in [1.807, 2.05) is 19.1 Å². The molecule has 3 heteroatoms. The van der Waals surface area contributed by atoms with Crippen LogP contribution in [0.15, 0.2) is 18.2 Å². The fourth-order valence-electron chi connectivity index (χ4n) is 2.31. The molecule has 0 spiro atoms. The Morgan fingerprint density at radius 2 is 1.76 bits per heavy atom. The number of benzene rings is 1. The van der Waals surface area contributed by atoms with Gasteiger partial charge in [-0.1, -0.05) is 19.1 Å². The maximum Gasteiger partial charge on any atom is 0.120 e. The summed E-state index contributed by atoms with van der Waals surface area (Å²) >= 11 is 0. The van der Waals surface area contributed by atoms with E-state index in [-0.39, 0.29) is 0 Å². The number of phenolic OH excluding ortho intramolecular Hbond substituents is 1. The molecule has 94 valence electrons. The van der Waals surface area contributed by atoms with E-state index in [1.165, 1.54) is 0 Å². The number of nitrogens with zero attached hydrogens (tertiary/aromatic N) is 2. The molecule has 1 aromatic rings. The summed E-state index contributed by atoms with van der Waals surface area (Å²) in [5.41, 5.74) is 2.16. The zero-order valence-electron chi connectivity index (χ0n) is 10.8. The van der Waals surface area contributed by atoms with Crippen molar-refractivity contribution < 1.29 is 5.11 Å². The molecule has 0 unspecified atom stereocenters. The first-order valence-electron chi connectivity index (χ1n) is 6.42. The van der Waals surface area contributed by atoms with Crippen LogP contribution in [-0.2, 0) is 6.54 Å². The fraction of sp³-hybridized carbons (Fsp3) is 0.571. The van der Waals surface area contributed by atoms with E-state index in [2.05, 4.69) is 22.8 Å². The second kappa shape index (κ2) is 5.52. The highest BCUT2D eigenvalue weighted by Gasteiger charge is 2.16. The third kappa shape index (κ3) is 3.20. The summed E-state index contributed by atoms with van der Waals surface area (Å²) in [4.78, 5) is 4.88. The van der Waals surface area contributed by atoms with Gasteiger partial charge in [-0.05, 0) is 25.1 Å². The molecule has 0 aliphatic carbocycles. The third-order valence-electron chi connectivity index (χ3n) is 3.55. The van der Waals surface area contributed by atoms with Gasteiger partial charge in [0.15, 0.2) is 0 Å². The van der Waals surface area contributed by atoms with E-state index in [0.29, 0.717) is 5.75 Å². The number of hydrogen-bond donors (Lipinski definition) is 1. The molecule has 3 nitrogen and oxygen atoms in total. The number of aryl methyl sites for hydroxylation is 1. The average molecular weight is 234 g/mol. The van der Waals surface area contributed by atoms with Gasteiger partial charge in [0.25, 0.3) is 0 Å². The SMILES string of the molecule is CCN1CCN(Cc2ccc(C)cc2O)CC1. The molecule has 1 saturated heterocycles. The van der Waals surface area contributed by atoms with Crippen molar-refractivity contribution in [3.05, 3.63) is 29.3 Å². The number of rotatable bonds is 3. The number of aromatic hydroxyl groups is 1. The van der Waals surface area contributed by atoms with Gasteiger partial charge >= 0.3 is 0 Å². The molecule has 0 aromatic heterocycles. The topological polar surface area (TPSA) is 26.7 Å². The molecule has 2 rings (SSSR count). The molecule has 0 radical (unpaired) electrons. The van der Waals surface area contributed by atoms with Crippen molar-refractivity contribution in [3.8, 4) is 5.75 Å². The summed E-state index contributed by atoms with van der Waals surface area (Å²) in [6, 6.07) is 5.95. The minimum absolute atomic E-state index is 0.433. The second-order valence-electron chi connectivity index (χ2n) is 4.84. The molecule has 1 aromatic carbocycles. The molecule has 1 aliphatic heterocycles. The number of phenols is 1. The van der Waals surface area contributed by atoms with Gasteiger partial charge in [-0.15, -0.1) is 0 Å². The lowest BCUT2D eigenvalue weighted by molar-refractivity contribution is 0.131. The van der Waals surface area contributed by atoms with Crippen LogP contribution in [0.5, 0.6) is 5.75 Å². The molecule has 1 aliphatic rings. The Kier molecular flexibility index (Phi) is 4.02. The van der Waals surface area contributed by atoms with Crippen LogP contribution >= 0.6 is 0 Å². The lowest BCUT2D eigenvalue weighted by atomic mass is 10.1. The van der Waals surface area contributed by atoms with Gasteiger partial charge in [0.2, 0.25) is 0 Å². The van der Waals surface area contributed by atoms with E-state index in [9.17, 15) is 5.11 Å². The maximum absolute atomic E-state index is 9.88. The van der Waals surface area contributed by atoms with Crippen LogP contribution in [0.25, 0.3) is 0 Å². The molecule has 1 N–H and O–H groups in total. The highest BCUT2D eigenvalue weighted by Crippen LogP contribution is 2.20. The second-order valence-corrected chi connectivity index (χ2v) is 4.84. The van der Waals surface area contributed by atoms with Gasteiger partial charge in [-0.2, -0.15) is 0 Å². The Morgan fingerprint density at radius 1 is 1.12 bits per heavy atom. The van der Waals surface area contributed by atoms with Gasteiger partial charge < -0.3 is 10.0 Å². The molecule has 1 heterocycles. The largest absolute Gasteiger partial charge is 0.508 e. The van der Waals surface area contributed by atoms with Crippen molar-refractivity contribution in [3.63, 3.8) is 0 Å². The minimum atomic E-state index is 0.433. The molecule has 17 heavy (non-hydrogen) atoms. The van der Waals surface area contributed by atoms with Crippen molar-refractivity contribution >= 4 is 0 Å². The summed E-state index contributed by atoms with van der Waals surface area (Å²) in [7, 11) is 0. The van der Waals surface area contributed by atoms with Gasteiger partial charge in [-0.3, -0.25) is 4.90 Å². The van der Waals surface area contributed by atoms with Crippen molar-refractivity contribution in [2.45, 2.75) is 20.4 Å². The quantitative estimate of drug-likeness (QED) is 0.864. The highest BCUT2D eigenvalue weighted by atomic mass is 16.3. The zero-order valence-corrected chi connectivity index (χ0v) is 10.8. The van der Waals surface area contributed by atoms with E-state index < -0.39 is 0 Å². The Balaban J connectivity index is 1.93. The van der Waals surface area contributed by atoms with Crippen LogP contribution < -0.4 is 0 Å². The Labute approximate surface area is 104 Å². The maximum atomic E-state index is 9.88. The van der Waals surface area contributed by atoms with Crippen molar-refractivity contribution in [1.29, 1.82) is 0 Å². The molecule has 1 fully saturated rings. The van der Waals surface area contributed by atoms with E-state index in [1.54, 1.807) is 0 Å². The summed E-state index contributed by atoms with van der Waals surface area (Å²) < 4.78 is 0. The lowest BCUT2D eigenvalue weighted by Gasteiger charge is -2.34. The van der Waals surface area contributed by atoms with E-state index in [0.717, 1.165) is 50.4 Å². The standard InChI is InChI=1S/C14H22N2O/c1-3-15-6-8-16(9-7-15)11-13-5-4-12(2)10-14(13)17/h4-5,10,17H,3,6-9,11H2,1-2H3. The van der Waals surface area contributed by atoms with Crippen LogP contribution in [0.3, 0.4) is 0 Å². The van der Waals surface area contributed by atoms with Crippen molar-refractivity contribution in [2.24, 2.45) is 0 Å². The summed E-state index contributed by atoms with van der Waals surface area (Å²) in [6.45, 7) is 10.7. The van der Waals surface area contributed by atoms with E-state index >= 15 is 0 Å². The van der Waals surface area contributed by atoms with Crippen molar-refractivity contribution in [2.75, 3.05) is 32.7 Å². The summed E-state index contributed by atoms with van der Waals surface area (Å²) in [5, 5.41) is 9.88. The zero-order chi connectivity index (χ0) is 12.3. The Hall–Kier alpha value is -1.06. The first-order chi connectivity index (χ1) is 8.19. The highest BCUT2D eigenvalue weighted by molar-refractivity contribution is 5.35. The minimum Gasteiger partial charge on any atom is -0.508 e. The van der Waals surface area contributed by atoms with Crippen LogP contribution in [0, 0.1) is 6.92 Å². The Morgan fingerprint density at radius 3 is 2.35 bits per heavy atom. The number of likely N-dealkylation sites (N-methyl/N-ethyl adjacent to an activating group) is 1. The monoisotopic (exact) mass is 234 g/mol. The molecule has 0 saturated carbocycles. The lowest BCUT2D eigenvalue weighted by Crippen LogP contribution is -2.45. The first-order valence-corrected chi connectivity index (χ1v) is 6.42. The van der Waals surface area contributed by atoms with Crippen LogP contribution in [0.1, 0.15) is 18.1 Å². The summed E-state index contributed by atoms with van der Waals surface area (Å²) in [6.07, 6.45) is 0. The third-order valence-corrected chi connectivity index (χ3v) is 3.55. The summed E-state index contributed by atoms with van der Waals surface area (Å²) in [5.74, 6) is 0.433. The predicted molar refractivity (Wildman–Crippen MR) is 70.2 cm³/mol. The average Bonchev–Trinajstić information content (AvgIpc) is 2.34. The predicted octanol–water partition coefficient (Wildman–Crippen LogP) is 1.84. The molecular weight excluding hydrogens is 212 g/mol. The fourth-order valence-corrected chi connectivity index (χ4v) is 2.31. The van der Waals surface area contributed by atoms with Crippen molar-refractivity contribution in [1.82, 2.24) is 9.80 Å². The molecule has 0 bridgehead atoms. The van der Waals surface area contributed by atoms with Crippen LogP contribution in [-0.4, -0.2) is 47.6 Å². The number of piperazine rings is 1. The number of hydrogen-bond acceptors (Lipinski definition) is 3. The molecule has 0 amide bonds. The van der Waals surface area contributed by atoms with Crippen LogP contribution in [0.4, 0.5) is 0 Å². The molecule has 0 atom stereocenters. The van der Waals surface area contributed by atoms with Gasteiger partial charge in [-0.25, -0.2) is 0 Å².